The summed E-state index contributed by atoms with van der Waals surface area (Å²) in [4.78, 5) is 24.6. The highest BCUT2D eigenvalue weighted by atomic mass is 19.1. The summed E-state index contributed by atoms with van der Waals surface area (Å²) >= 11 is 0. The van der Waals surface area contributed by atoms with Gasteiger partial charge in [0.15, 0.2) is 5.82 Å². The maximum absolute atomic E-state index is 14.9. The molecule has 1 fully saturated rings. The zero-order chi connectivity index (χ0) is 22.5. The number of carbonyl (C=O) groups excluding carboxylic acids is 2. The zero-order valence-electron chi connectivity index (χ0n) is 17.5. The van der Waals surface area contributed by atoms with Crippen LogP contribution in [0.15, 0.2) is 42.5 Å². The number of hydrogen-bond acceptors (Lipinski definition) is 6. The van der Waals surface area contributed by atoms with Gasteiger partial charge in [-0.1, -0.05) is 29.5 Å². The number of halogens is 1. The Bertz CT molecular complexity index is 1090. The van der Waals surface area contributed by atoms with Gasteiger partial charge in [0.2, 0.25) is 5.91 Å². The topological polar surface area (TPSA) is 113 Å². The number of cyclic esters (lactones) is 1. The van der Waals surface area contributed by atoms with Crippen LogP contribution in [0.25, 0.3) is 11.1 Å². The molecule has 0 bridgehead atoms. The van der Waals surface area contributed by atoms with Gasteiger partial charge in [0.1, 0.15) is 11.9 Å². The van der Waals surface area contributed by atoms with Gasteiger partial charge >= 0.3 is 6.09 Å². The summed E-state index contributed by atoms with van der Waals surface area (Å²) in [5.74, 6) is 0.0606. The molecule has 3 aromatic rings. The van der Waals surface area contributed by atoms with E-state index < -0.39 is 18.0 Å². The van der Waals surface area contributed by atoms with E-state index >= 15 is 0 Å². The summed E-state index contributed by atoms with van der Waals surface area (Å²) in [5, 5.41) is 16.5. The van der Waals surface area contributed by atoms with E-state index in [1.54, 1.807) is 12.1 Å². The first-order valence-electron chi connectivity index (χ1n) is 10.3. The summed E-state index contributed by atoms with van der Waals surface area (Å²) in [7, 11) is 0. The van der Waals surface area contributed by atoms with Gasteiger partial charge in [0, 0.05) is 18.9 Å². The van der Waals surface area contributed by atoms with Crippen LogP contribution in [0.4, 0.5) is 14.9 Å². The van der Waals surface area contributed by atoms with Crippen LogP contribution < -0.4 is 10.2 Å². The Labute approximate surface area is 184 Å². The molecule has 0 aliphatic carbocycles. The average Bonchev–Trinajstić information content (AvgIpc) is 3.42. The molecule has 32 heavy (non-hydrogen) atoms. The summed E-state index contributed by atoms with van der Waals surface area (Å²) in [6.07, 6.45) is 1.45. The van der Waals surface area contributed by atoms with Crippen LogP contribution in [0.2, 0.25) is 0 Å². The third-order valence-corrected chi connectivity index (χ3v) is 5.24. The van der Waals surface area contributed by atoms with Crippen molar-refractivity contribution in [2.45, 2.75) is 32.3 Å². The fraction of sp³-hybridized carbons (Fsp3) is 0.318. The van der Waals surface area contributed by atoms with Gasteiger partial charge in [0.05, 0.1) is 18.8 Å². The van der Waals surface area contributed by atoms with Crippen molar-refractivity contribution in [1.29, 1.82) is 0 Å². The molecule has 2 N–H and O–H groups in total. The lowest BCUT2D eigenvalue weighted by atomic mass is 10.0. The third kappa shape index (κ3) is 5.08. The van der Waals surface area contributed by atoms with E-state index in [4.69, 9.17) is 4.74 Å². The minimum absolute atomic E-state index is 0.201. The second-order valence-electron chi connectivity index (χ2n) is 7.60. The highest BCUT2D eigenvalue weighted by Gasteiger charge is 2.32. The van der Waals surface area contributed by atoms with E-state index in [9.17, 15) is 14.0 Å². The monoisotopic (exact) mass is 438 g/mol. The van der Waals surface area contributed by atoms with Crippen LogP contribution in [0.5, 0.6) is 0 Å². The molecular weight excluding hydrogens is 415 g/mol. The Kier molecular flexibility index (Phi) is 6.39. The number of aromatic amines is 1. The van der Waals surface area contributed by atoms with Gasteiger partial charge in [-0.25, -0.2) is 9.18 Å². The molecule has 0 saturated carbocycles. The lowest BCUT2D eigenvalue weighted by Crippen LogP contribution is -2.33. The van der Waals surface area contributed by atoms with E-state index in [-0.39, 0.29) is 19.0 Å². The average molecular weight is 438 g/mol. The molecule has 2 aromatic carbocycles. The number of hydrogen-bond donors (Lipinski definition) is 2. The first kappa shape index (κ1) is 21.4. The Morgan fingerprint density at radius 1 is 1.25 bits per heavy atom. The summed E-state index contributed by atoms with van der Waals surface area (Å²) < 4.78 is 20.1. The number of H-pyrrole nitrogens is 1. The summed E-state index contributed by atoms with van der Waals surface area (Å²) in [6, 6.07) is 12.4. The Morgan fingerprint density at radius 3 is 2.75 bits per heavy atom. The molecule has 0 spiro atoms. The molecule has 166 valence electrons. The number of benzene rings is 2. The maximum atomic E-state index is 14.9. The maximum Gasteiger partial charge on any atom is 0.414 e. The number of aromatic nitrogens is 4. The van der Waals surface area contributed by atoms with Crippen molar-refractivity contribution in [3.05, 3.63) is 59.7 Å². The summed E-state index contributed by atoms with van der Waals surface area (Å²) in [5.41, 5.74) is 2.76. The number of carbonyl (C=O) groups is 2. The fourth-order valence-electron chi connectivity index (χ4n) is 3.59. The molecule has 1 aliphatic rings. The molecular formula is C22H23FN6O3. The van der Waals surface area contributed by atoms with Crippen molar-refractivity contribution in [3.8, 4) is 11.1 Å². The first-order valence-corrected chi connectivity index (χ1v) is 10.3. The van der Waals surface area contributed by atoms with E-state index in [0.29, 0.717) is 17.1 Å². The quantitative estimate of drug-likeness (QED) is 0.559. The lowest BCUT2D eigenvalue weighted by molar-refractivity contribution is -0.119. The van der Waals surface area contributed by atoms with Gasteiger partial charge in [0.25, 0.3) is 0 Å². The predicted molar refractivity (Wildman–Crippen MR) is 114 cm³/mol. The van der Waals surface area contributed by atoms with Crippen LogP contribution in [-0.2, 0) is 22.4 Å². The largest absolute Gasteiger partial charge is 0.442 e. The highest BCUT2D eigenvalue weighted by molar-refractivity contribution is 5.90. The minimum atomic E-state index is -0.558. The third-order valence-electron chi connectivity index (χ3n) is 5.24. The molecule has 1 aliphatic heterocycles. The van der Waals surface area contributed by atoms with Crippen molar-refractivity contribution in [2.24, 2.45) is 0 Å². The molecule has 4 rings (SSSR count). The molecule has 1 saturated heterocycles. The highest BCUT2D eigenvalue weighted by Crippen LogP contribution is 2.29. The van der Waals surface area contributed by atoms with Gasteiger partial charge < -0.3 is 10.1 Å². The Morgan fingerprint density at radius 2 is 2.06 bits per heavy atom. The number of anilines is 1. The number of rotatable bonds is 8. The molecule has 1 atom stereocenters. The molecule has 1 aromatic heterocycles. The number of aryl methyl sites for hydroxylation is 2. The molecule has 9 nitrogen and oxygen atoms in total. The Balaban J connectivity index is 1.38. The predicted octanol–water partition coefficient (Wildman–Crippen LogP) is 2.64. The minimum Gasteiger partial charge on any atom is -0.442 e. The molecule has 2 heterocycles. The van der Waals surface area contributed by atoms with Crippen molar-refractivity contribution in [3.63, 3.8) is 0 Å². The number of amides is 2. The standard InChI is InChI=1S/C22H23FN6O3/c1-14(30)24-12-18-13-29(22(31)32-18)17-9-10-19(20(23)11-17)16-7-5-15(6-8-16)3-2-4-21-25-27-28-26-21/h5-11,18H,2-4,12-13H2,1H3,(H,24,30)(H,25,26,27,28)/t18-/m0/s1. The van der Waals surface area contributed by atoms with Crippen molar-refractivity contribution < 1.29 is 18.7 Å². The van der Waals surface area contributed by atoms with Gasteiger partial charge in [-0.15, -0.1) is 10.2 Å². The normalized spacial score (nSPS) is 15.6. The molecule has 0 unspecified atom stereocenters. The zero-order valence-corrected chi connectivity index (χ0v) is 17.5. The van der Waals surface area contributed by atoms with Crippen molar-refractivity contribution in [2.75, 3.05) is 18.0 Å². The van der Waals surface area contributed by atoms with Gasteiger partial charge in [-0.05, 0) is 42.2 Å². The Hall–Kier alpha value is -3.82. The van der Waals surface area contributed by atoms with E-state index in [2.05, 4.69) is 25.9 Å². The molecule has 0 radical (unpaired) electrons. The lowest BCUT2D eigenvalue weighted by Gasteiger charge is -2.14. The number of nitrogens with one attached hydrogen (secondary N) is 2. The van der Waals surface area contributed by atoms with Crippen LogP contribution >= 0.6 is 0 Å². The van der Waals surface area contributed by atoms with Gasteiger partial charge in [-0.2, -0.15) is 5.21 Å². The first-order chi connectivity index (χ1) is 15.5. The van der Waals surface area contributed by atoms with Crippen LogP contribution in [0.1, 0.15) is 24.7 Å². The second kappa shape index (κ2) is 9.54. The van der Waals surface area contributed by atoms with Gasteiger partial charge in [-0.3, -0.25) is 9.69 Å². The van der Waals surface area contributed by atoms with E-state index in [0.717, 1.165) is 30.4 Å². The fourth-order valence-corrected chi connectivity index (χ4v) is 3.59. The number of tetrazole rings is 1. The van der Waals surface area contributed by atoms with Crippen LogP contribution in [0, 0.1) is 5.82 Å². The number of ether oxygens (including phenoxy) is 1. The van der Waals surface area contributed by atoms with E-state index in [1.165, 1.54) is 17.9 Å². The SMILES string of the molecule is CC(=O)NC[C@H]1CN(c2ccc(-c3ccc(CCCc4nn[nH]n4)cc3)c(F)c2)C(=O)O1. The van der Waals surface area contributed by atoms with E-state index in [1.807, 2.05) is 24.3 Å². The summed E-state index contributed by atoms with van der Waals surface area (Å²) in [6.45, 7) is 1.86. The van der Waals surface area contributed by atoms with Crippen LogP contribution in [0.3, 0.4) is 0 Å². The molecule has 10 heteroatoms. The van der Waals surface area contributed by atoms with Crippen LogP contribution in [-0.4, -0.2) is 51.8 Å². The molecule has 2 amide bonds. The number of nitrogens with zero attached hydrogens (tertiary/aromatic N) is 4. The van der Waals surface area contributed by atoms with Crippen molar-refractivity contribution >= 4 is 17.7 Å². The smallest absolute Gasteiger partial charge is 0.414 e. The second-order valence-corrected chi connectivity index (χ2v) is 7.60. The van der Waals surface area contributed by atoms with Crippen molar-refractivity contribution in [1.82, 2.24) is 25.9 Å².